The van der Waals surface area contributed by atoms with Gasteiger partial charge in [0.05, 0.1) is 22.8 Å². The number of carbonyl (C=O) groups is 1. The highest BCUT2D eigenvalue weighted by molar-refractivity contribution is 7.91. The smallest absolute Gasteiger partial charge is 0.305 e. The van der Waals surface area contributed by atoms with Crippen molar-refractivity contribution >= 4 is 21.5 Å². The summed E-state index contributed by atoms with van der Waals surface area (Å²) in [6.07, 6.45) is 0.785. The van der Waals surface area contributed by atoms with Gasteiger partial charge in [-0.25, -0.2) is 8.42 Å². The lowest BCUT2D eigenvalue weighted by atomic mass is 10.1. The summed E-state index contributed by atoms with van der Waals surface area (Å²) < 4.78 is 24.2. The molecule has 0 atom stereocenters. The molecule has 0 aliphatic carbocycles. The number of aryl methyl sites for hydroxylation is 1. The van der Waals surface area contributed by atoms with E-state index < -0.39 is 15.8 Å². The van der Waals surface area contributed by atoms with Crippen LogP contribution >= 0.6 is 0 Å². The van der Waals surface area contributed by atoms with Crippen molar-refractivity contribution in [2.24, 2.45) is 0 Å². The SMILES string of the molecule is CCc1ccc2c(c1)S(=O)(=O)CCN2CCC(=O)O. The normalized spacial score (nSPS) is 17.0. The summed E-state index contributed by atoms with van der Waals surface area (Å²) in [7, 11) is -3.24. The number of benzene rings is 1. The van der Waals surface area contributed by atoms with Gasteiger partial charge in [0, 0.05) is 13.1 Å². The summed E-state index contributed by atoms with van der Waals surface area (Å²) in [5.41, 5.74) is 1.60. The summed E-state index contributed by atoms with van der Waals surface area (Å²) in [6, 6.07) is 5.39. The molecule has 0 saturated carbocycles. The Balaban J connectivity index is 2.38. The first-order valence-electron chi connectivity index (χ1n) is 6.26. The highest BCUT2D eigenvalue weighted by Crippen LogP contribution is 2.31. The molecule has 0 fully saturated rings. The van der Waals surface area contributed by atoms with Crippen LogP contribution in [0.2, 0.25) is 0 Å². The fraction of sp³-hybridized carbons (Fsp3) is 0.462. The zero-order chi connectivity index (χ0) is 14.0. The summed E-state index contributed by atoms with van der Waals surface area (Å²) in [5.74, 6) is -0.826. The van der Waals surface area contributed by atoms with E-state index in [-0.39, 0.29) is 12.2 Å². The van der Waals surface area contributed by atoms with Gasteiger partial charge in [0.25, 0.3) is 0 Å². The summed E-state index contributed by atoms with van der Waals surface area (Å²) in [4.78, 5) is 12.8. The van der Waals surface area contributed by atoms with Gasteiger partial charge in [0.1, 0.15) is 0 Å². The molecule has 0 aromatic heterocycles. The number of anilines is 1. The first-order valence-corrected chi connectivity index (χ1v) is 7.91. The van der Waals surface area contributed by atoms with Crippen molar-refractivity contribution in [1.82, 2.24) is 0 Å². The van der Waals surface area contributed by atoms with Crippen LogP contribution in [0.3, 0.4) is 0 Å². The van der Waals surface area contributed by atoms with Crippen LogP contribution in [0.4, 0.5) is 5.69 Å². The molecule has 6 heteroatoms. The average Bonchev–Trinajstić information content (AvgIpc) is 2.37. The topological polar surface area (TPSA) is 74.7 Å². The third-order valence-corrected chi connectivity index (χ3v) is 5.05. The Morgan fingerprint density at radius 1 is 1.42 bits per heavy atom. The van der Waals surface area contributed by atoms with Crippen LogP contribution < -0.4 is 4.90 Å². The quantitative estimate of drug-likeness (QED) is 0.902. The number of carboxylic acid groups (broad SMARTS) is 1. The van der Waals surface area contributed by atoms with Crippen molar-refractivity contribution < 1.29 is 18.3 Å². The van der Waals surface area contributed by atoms with E-state index in [1.165, 1.54) is 0 Å². The third-order valence-electron chi connectivity index (χ3n) is 3.33. The predicted octanol–water partition coefficient (Wildman–Crippen LogP) is 1.32. The van der Waals surface area contributed by atoms with Gasteiger partial charge in [-0.15, -0.1) is 0 Å². The molecule has 0 spiro atoms. The van der Waals surface area contributed by atoms with E-state index in [1.807, 2.05) is 17.9 Å². The van der Waals surface area contributed by atoms with Gasteiger partial charge in [0.2, 0.25) is 0 Å². The molecule has 1 aliphatic rings. The van der Waals surface area contributed by atoms with Crippen LogP contribution in [-0.4, -0.2) is 38.3 Å². The Labute approximate surface area is 112 Å². The van der Waals surface area contributed by atoms with Gasteiger partial charge in [-0.3, -0.25) is 4.79 Å². The van der Waals surface area contributed by atoms with Gasteiger partial charge in [-0.1, -0.05) is 13.0 Å². The maximum Gasteiger partial charge on any atom is 0.305 e. The molecule has 19 heavy (non-hydrogen) atoms. The molecule has 5 nitrogen and oxygen atoms in total. The zero-order valence-corrected chi connectivity index (χ0v) is 11.6. The van der Waals surface area contributed by atoms with E-state index in [0.717, 1.165) is 12.0 Å². The van der Waals surface area contributed by atoms with Crippen molar-refractivity contribution in [3.05, 3.63) is 23.8 Å². The van der Waals surface area contributed by atoms with Crippen molar-refractivity contribution in [3.8, 4) is 0 Å². The number of nitrogens with zero attached hydrogens (tertiary/aromatic N) is 1. The van der Waals surface area contributed by atoms with Crippen LogP contribution in [0.15, 0.2) is 23.1 Å². The van der Waals surface area contributed by atoms with E-state index in [4.69, 9.17) is 5.11 Å². The molecular formula is C13H17NO4S. The molecule has 1 N–H and O–H groups in total. The lowest BCUT2D eigenvalue weighted by Crippen LogP contribution is -2.36. The number of fused-ring (bicyclic) bond motifs is 1. The molecule has 1 aliphatic heterocycles. The molecule has 1 aromatic carbocycles. The van der Waals surface area contributed by atoms with Crippen LogP contribution in [-0.2, 0) is 21.1 Å². The molecule has 1 heterocycles. The van der Waals surface area contributed by atoms with E-state index >= 15 is 0 Å². The molecule has 1 aromatic rings. The first kappa shape index (κ1) is 13.9. The standard InChI is InChI=1S/C13H17NO4S/c1-2-10-3-4-11-12(9-10)19(17,18)8-7-14(11)6-5-13(15)16/h3-4,9H,2,5-8H2,1H3,(H,15,16). The lowest BCUT2D eigenvalue weighted by Gasteiger charge is -2.30. The second-order valence-corrected chi connectivity index (χ2v) is 6.68. The first-order chi connectivity index (χ1) is 8.94. The zero-order valence-electron chi connectivity index (χ0n) is 10.8. The van der Waals surface area contributed by atoms with Crippen molar-refractivity contribution in [2.75, 3.05) is 23.7 Å². The second kappa shape index (κ2) is 5.21. The maximum atomic E-state index is 12.1. The number of rotatable bonds is 4. The molecule has 0 amide bonds. The predicted molar refractivity (Wildman–Crippen MR) is 72.3 cm³/mol. The minimum absolute atomic E-state index is 0.00895. The molecule has 2 rings (SSSR count). The Morgan fingerprint density at radius 2 is 2.16 bits per heavy atom. The Bertz CT molecular complexity index is 595. The van der Waals surface area contributed by atoms with Crippen molar-refractivity contribution in [1.29, 1.82) is 0 Å². The maximum absolute atomic E-state index is 12.1. The number of aliphatic carboxylic acids is 1. The summed E-state index contributed by atoms with van der Waals surface area (Å²) in [6.45, 7) is 2.66. The summed E-state index contributed by atoms with van der Waals surface area (Å²) >= 11 is 0. The minimum Gasteiger partial charge on any atom is -0.481 e. The Kier molecular flexibility index (Phi) is 3.80. The minimum atomic E-state index is -3.24. The number of hydrogen-bond acceptors (Lipinski definition) is 4. The van der Waals surface area contributed by atoms with E-state index in [9.17, 15) is 13.2 Å². The van der Waals surface area contributed by atoms with Gasteiger partial charge < -0.3 is 10.0 Å². The van der Waals surface area contributed by atoms with Gasteiger partial charge in [-0.2, -0.15) is 0 Å². The van der Waals surface area contributed by atoms with Gasteiger partial charge in [-0.05, 0) is 24.1 Å². The van der Waals surface area contributed by atoms with Crippen LogP contribution in [0.25, 0.3) is 0 Å². The molecule has 0 saturated heterocycles. The van der Waals surface area contributed by atoms with Crippen molar-refractivity contribution in [3.63, 3.8) is 0 Å². The summed E-state index contributed by atoms with van der Waals surface area (Å²) in [5, 5.41) is 8.73. The van der Waals surface area contributed by atoms with Crippen LogP contribution in [0.1, 0.15) is 18.9 Å². The molecular weight excluding hydrogens is 266 g/mol. The molecule has 0 unspecified atom stereocenters. The number of carboxylic acids is 1. The van der Waals surface area contributed by atoms with Crippen LogP contribution in [0, 0.1) is 0 Å². The highest BCUT2D eigenvalue weighted by Gasteiger charge is 2.28. The fourth-order valence-corrected chi connectivity index (χ4v) is 3.74. The monoisotopic (exact) mass is 283 g/mol. The molecule has 0 radical (unpaired) electrons. The molecule has 0 bridgehead atoms. The molecule has 104 valence electrons. The largest absolute Gasteiger partial charge is 0.481 e. The lowest BCUT2D eigenvalue weighted by molar-refractivity contribution is -0.136. The van der Waals surface area contributed by atoms with Crippen molar-refractivity contribution in [2.45, 2.75) is 24.7 Å². The third kappa shape index (κ3) is 2.89. The van der Waals surface area contributed by atoms with Gasteiger partial charge in [0.15, 0.2) is 9.84 Å². The fourth-order valence-electron chi connectivity index (χ4n) is 2.21. The number of sulfone groups is 1. The average molecular weight is 283 g/mol. The van der Waals surface area contributed by atoms with Gasteiger partial charge >= 0.3 is 5.97 Å². The highest BCUT2D eigenvalue weighted by atomic mass is 32.2. The Morgan fingerprint density at radius 3 is 2.79 bits per heavy atom. The van der Waals surface area contributed by atoms with Crippen LogP contribution in [0.5, 0.6) is 0 Å². The van der Waals surface area contributed by atoms with E-state index in [0.29, 0.717) is 23.7 Å². The van der Waals surface area contributed by atoms with E-state index in [2.05, 4.69) is 0 Å². The van der Waals surface area contributed by atoms with E-state index in [1.54, 1.807) is 12.1 Å². The number of hydrogen-bond donors (Lipinski definition) is 1. The second-order valence-electron chi connectivity index (χ2n) is 4.61. The Hall–Kier alpha value is -1.56.